The van der Waals surface area contributed by atoms with Crippen LogP contribution in [0.15, 0.2) is 48.6 Å². The summed E-state index contributed by atoms with van der Waals surface area (Å²) in [6.45, 7) is 6.40. The van der Waals surface area contributed by atoms with Crippen LogP contribution in [0.3, 0.4) is 0 Å². The molecule has 3 unspecified atom stereocenters. The van der Waals surface area contributed by atoms with E-state index in [4.69, 9.17) is 4.74 Å². The first kappa shape index (κ1) is 53.8. The van der Waals surface area contributed by atoms with Gasteiger partial charge >= 0.3 is 5.97 Å². The average molecular weight is 786 g/mol. The third-order valence-corrected chi connectivity index (χ3v) is 10.8. The molecule has 0 aromatic rings. The van der Waals surface area contributed by atoms with Gasteiger partial charge in [0.25, 0.3) is 0 Å². The molecular formula is C50H91NO5. The van der Waals surface area contributed by atoms with Crippen LogP contribution >= 0.6 is 0 Å². The molecule has 0 rings (SSSR count). The molecule has 0 bridgehead atoms. The van der Waals surface area contributed by atoms with Crippen molar-refractivity contribution in [2.75, 3.05) is 6.61 Å². The number of amides is 1. The van der Waals surface area contributed by atoms with Gasteiger partial charge in [0.1, 0.15) is 6.10 Å². The lowest BCUT2D eigenvalue weighted by atomic mass is 10.0. The van der Waals surface area contributed by atoms with Crippen molar-refractivity contribution in [3.05, 3.63) is 48.6 Å². The molecule has 0 saturated carbocycles. The Labute approximate surface area is 346 Å². The molecule has 0 spiro atoms. The van der Waals surface area contributed by atoms with Crippen LogP contribution in [0.25, 0.3) is 0 Å². The van der Waals surface area contributed by atoms with E-state index in [1.165, 1.54) is 116 Å². The predicted molar refractivity (Wildman–Crippen MR) is 241 cm³/mol. The number of hydrogen-bond acceptors (Lipinski definition) is 5. The van der Waals surface area contributed by atoms with E-state index in [0.717, 1.165) is 70.6 Å². The van der Waals surface area contributed by atoms with Gasteiger partial charge in [-0.05, 0) is 51.4 Å². The zero-order chi connectivity index (χ0) is 41.0. The largest absolute Gasteiger partial charge is 0.462 e. The molecule has 0 aromatic heterocycles. The number of rotatable bonds is 42. The van der Waals surface area contributed by atoms with Crippen LogP contribution in [0, 0.1) is 0 Å². The van der Waals surface area contributed by atoms with Gasteiger partial charge < -0.3 is 20.3 Å². The van der Waals surface area contributed by atoms with Gasteiger partial charge in [0, 0.05) is 6.42 Å². The van der Waals surface area contributed by atoms with Crippen LogP contribution < -0.4 is 5.32 Å². The van der Waals surface area contributed by atoms with E-state index in [1.54, 1.807) is 0 Å². The minimum Gasteiger partial charge on any atom is -0.462 e. The fraction of sp³-hybridized carbons (Fsp3) is 0.800. The highest BCUT2D eigenvalue weighted by atomic mass is 16.5. The van der Waals surface area contributed by atoms with Crippen LogP contribution in [0.1, 0.15) is 233 Å². The van der Waals surface area contributed by atoms with Gasteiger partial charge in [0.05, 0.1) is 25.2 Å². The summed E-state index contributed by atoms with van der Waals surface area (Å²) in [4.78, 5) is 26.0. The van der Waals surface area contributed by atoms with Crippen molar-refractivity contribution in [1.82, 2.24) is 5.32 Å². The second-order valence-electron chi connectivity index (χ2n) is 16.3. The van der Waals surface area contributed by atoms with E-state index >= 15 is 0 Å². The van der Waals surface area contributed by atoms with Gasteiger partial charge in [0.15, 0.2) is 0 Å². The molecule has 0 aliphatic rings. The molecule has 6 nitrogen and oxygen atoms in total. The first-order valence-electron chi connectivity index (χ1n) is 23.9. The van der Waals surface area contributed by atoms with Gasteiger partial charge in [-0.25, -0.2) is 0 Å². The summed E-state index contributed by atoms with van der Waals surface area (Å²) in [6.07, 6.45) is 51.6. The third kappa shape index (κ3) is 38.7. The minimum absolute atomic E-state index is 0.0530. The summed E-state index contributed by atoms with van der Waals surface area (Å²) in [5.74, 6) is -0.512. The minimum atomic E-state index is -0.796. The normalized spacial score (nSPS) is 13.7. The number of aliphatic hydroxyl groups excluding tert-OH is 2. The molecule has 3 atom stereocenters. The average Bonchev–Trinajstić information content (AvgIpc) is 3.19. The zero-order valence-corrected chi connectivity index (χ0v) is 37.0. The Bertz CT molecular complexity index is 972. The van der Waals surface area contributed by atoms with Crippen molar-refractivity contribution in [3.8, 4) is 0 Å². The first-order valence-corrected chi connectivity index (χ1v) is 23.9. The number of hydrogen-bond donors (Lipinski definition) is 3. The first-order chi connectivity index (χ1) is 27.5. The predicted octanol–water partition coefficient (Wildman–Crippen LogP) is 13.9. The van der Waals surface area contributed by atoms with E-state index in [-0.39, 0.29) is 24.9 Å². The molecule has 1 amide bonds. The molecule has 0 saturated heterocycles. The number of carbonyl (C=O) groups excluding carboxylic acids is 2. The quantitative estimate of drug-likeness (QED) is 0.0325. The second kappa shape index (κ2) is 43.9. The van der Waals surface area contributed by atoms with Crippen LogP contribution in [0.5, 0.6) is 0 Å². The highest BCUT2D eigenvalue weighted by Crippen LogP contribution is 2.17. The lowest BCUT2D eigenvalue weighted by Gasteiger charge is -2.24. The standard InChI is InChI=1S/C50H91NO5/c1-4-7-10-13-16-19-21-23-24-25-26-27-30-32-35-38-41-46(56-50(55)43-40-37-34-29-18-15-12-9-6-3)44-49(54)51-47(45-52)48(53)42-39-36-33-31-28-22-20-17-14-11-8-5-2/h16,19,21,23-27,46-48,52-53H,4-15,17-18,20,22,28-45H2,1-3H3,(H,51,54)/b19-16+,23-21+,25-24+,27-26+. The molecule has 3 N–H and O–H groups in total. The molecule has 0 aliphatic carbocycles. The Morgan fingerprint density at radius 2 is 0.911 bits per heavy atom. The monoisotopic (exact) mass is 786 g/mol. The van der Waals surface area contributed by atoms with Crippen molar-refractivity contribution in [3.63, 3.8) is 0 Å². The number of nitrogens with one attached hydrogen (secondary N) is 1. The molecule has 6 heteroatoms. The van der Waals surface area contributed by atoms with Crippen LogP contribution in [0.2, 0.25) is 0 Å². The number of carbonyl (C=O) groups is 2. The van der Waals surface area contributed by atoms with Crippen LogP contribution in [-0.2, 0) is 14.3 Å². The molecular weight excluding hydrogens is 695 g/mol. The summed E-state index contributed by atoms with van der Waals surface area (Å²) in [5.41, 5.74) is 0. The van der Waals surface area contributed by atoms with Crippen LogP contribution in [0.4, 0.5) is 0 Å². The van der Waals surface area contributed by atoms with Gasteiger partial charge in [0.2, 0.25) is 5.91 Å². The zero-order valence-electron chi connectivity index (χ0n) is 37.0. The molecule has 326 valence electrons. The fourth-order valence-corrected chi connectivity index (χ4v) is 7.09. The van der Waals surface area contributed by atoms with Gasteiger partial charge in [-0.3, -0.25) is 9.59 Å². The van der Waals surface area contributed by atoms with E-state index < -0.39 is 18.2 Å². The summed E-state index contributed by atoms with van der Waals surface area (Å²) in [7, 11) is 0. The van der Waals surface area contributed by atoms with Crippen molar-refractivity contribution in [2.45, 2.75) is 251 Å². The van der Waals surface area contributed by atoms with Crippen LogP contribution in [-0.4, -0.2) is 46.9 Å². The Hall–Kier alpha value is -2.18. The van der Waals surface area contributed by atoms with E-state index in [1.807, 2.05) is 6.08 Å². The maximum atomic E-state index is 13.1. The summed E-state index contributed by atoms with van der Waals surface area (Å²) >= 11 is 0. The van der Waals surface area contributed by atoms with E-state index in [9.17, 15) is 19.8 Å². The molecule has 0 heterocycles. The third-order valence-electron chi connectivity index (χ3n) is 10.8. The lowest BCUT2D eigenvalue weighted by molar-refractivity contribution is -0.151. The summed E-state index contributed by atoms with van der Waals surface area (Å²) in [5, 5.41) is 23.7. The number of allylic oxidation sites excluding steroid dienone is 8. The van der Waals surface area contributed by atoms with Crippen molar-refractivity contribution >= 4 is 11.9 Å². The highest BCUT2D eigenvalue weighted by Gasteiger charge is 2.24. The Morgan fingerprint density at radius 1 is 0.518 bits per heavy atom. The van der Waals surface area contributed by atoms with Crippen molar-refractivity contribution < 1.29 is 24.5 Å². The fourth-order valence-electron chi connectivity index (χ4n) is 7.09. The Kier molecular flexibility index (Phi) is 42.2. The number of aliphatic hydroxyl groups is 2. The second-order valence-corrected chi connectivity index (χ2v) is 16.3. The molecule has 56 heavy (non-hydrogen) atoms. The van der Waals surface area contributed by atoms with Crippen molar-refractivity contribution in [1.29, 1.82) is 0 Å². The van der Waals surface area contributed by atoms with Gasteiger partial charge in [-0.2, -0.15) is 0 Å². The number of esters is 1. The topological polar surface area (TPSA) is 95.9 Å². The Morgan fingerprint density at radius 3 is 1.41 bits per heavy atom. The SMILES string of the molecule is CCCCC/C=C/C=C/C=C/C=C/CCCCCC(CC(=O)NC(CO)C(O)CCCCCCCCCCCCCC)OC(=O)CCCCCCCCCCC. The molecule has 0 aromatic carbocycles. The lowest BCUT2D eigenvalue weighted by Crippen LogP contribution is -2.46. The highest BCUT2D eigenvalue weighted by molar-refractivity contribution is 5.77. The maximum Gasteiger partial charge on any atom is 0.306 e. The van der Waals surface area contributed by atoms with Gasteiger partial charge in [-0.15, -0.1) is 0 Å². The summed E-state index contributed by atoms with van der Waals surface area (Å²) in [6, 6.07) is -0.711. The molecule has 0 radical (unpaired) electrons. The molecule has 0 fully saturated rings. The van der Waals surface area contributed by atoms with E-state index in [2.05, 4.69) is 68.6 Å². The number of unbranched alkanes of at least 4 members (excludes halogenated alkanes) is 25. The Balaban J connectivity index is 4.66. The maximum absolute atomic E-state index is 13.1. The van der Waals surface area contributed by atoms with Crippen molar-refractivity contribution in [2.24, 2.45) is 0 Å². The summed E-state index contributed by atoms with van der Waals surface area (Å²) < 4.78 is 5.88. The van der Waals surface area contributed by atoms with Gasteiger partial charge in [-0.1, -0.05) is 217 Å². The number of ether oxygens (including phenoxy) is 1. The van der Waals surface area contributed by atoms with E-state index in [0.29, 0.717) is 19.3 Å². The smallest absolute Gasteiger partial charge is 0.306 e. The molecule has 0 aliphatic heterocycles.